The molecule has 0 aromatic carbocycles. The van der Waals surface area contributed by atoms with E-state index in [1.165, 1.54) is 18.4 Å². The fourth-order valence-corrected chi connectivity index (χ4v) is 3.57. The van der Waals surface area contributed by atoms with Gasteiger partial charge >= 0.3 is 6.01 Å². The normalized spacial score (nSPS) is 11.3. The van der Waals surface area contributed by atoms with Gasteiger partial charge < -0.3 is 9.64 Å². The molecule has 3 heterocycles. The zero-order chi connectivity index (χ0) is 15.9. The van der Waals surface area contributed by atoms with Crippen LogP contribution in [0.15, 0.2) is 6.33 Å². The summed E-state index contributed by atoms with van der Waals surface area (Å²) in [6.07, 6.45) is 1.59. The second-order valence-electron chi connectivity index (χ2n) is 4.83. The number of hydrogen-bond acceptors (Lipinski definition) is 6. The molecule has 0 saturated heterocycles. The summed E-state index contributed by atoms with van der Waals surface area (Å²) in [7, 11) is 1.52. The molecule has 3 aromatic rings. The Morgan fingerprint density at radius 3 is 2.77 bits per heavy atom. The van der Waals surface area contributed by atoms with Gasteiger partial charge in [-0.05, 0) is 26.3 Å². The monoisotopic (exact) mass is 319 g/mol. The molecule has 0 aliphatic carbocycles. The van der Waals surface area contributed by atoms with Gasteiger partial charge in [0.05, 0.1) is 17.4 Å². The molecule has 1 amide bonds. The van der Waals surface area contributed by atoms with Crippen molar-refractivity contribution in [2.24, 2.45) is 0 Å². The first-order chi connectivity index (χ1) is 10.6. The van der Waals surface area contributed by atoms with Crippen molar-refractivity contribution in [1.29, 1.82) is 0 Å². The number of rotatable bonds is 4. The van der Waals surface area contributed by atoms with Crippen LogP contribution in [0.25, 0.3) is 15.9 Å². The maximum Gasteiger partial charge on any atom is 0.336 e. The summed E-state index contributed by atoms with van der Waals surface area (Å²) in [5.41, 5.74) is 1.55. The third kappa shape index (κ3) is 2.10. The smallest absolute Gasteiger partial charge is 0.336 e. The molecule has 0 fully saturated rings. The number of aryl methyl sites for hydroxylation is 1. The Kier molecular flexibility index (Phi) is 3.69. The lowest BCUT2D eigenvalue weighted by atomic mass is 10.2. The van der Waals surface area contributed by atoms with E-state index in [4.69, 9.17) is 4.74 Å². The predicted molar refractivity (Wildman–Crippen MR) is 84.7 cm³/mol. The third-order valence-corrected chi connectivity index (χ3v) is 4.86. The zero-order valence-electron chi connectivity index (χ0n) is 13.0. The first-order valence-corrected chi connectivity index (χ1v) is 7.90. The van der Waals surface area contributed by atoms with Crippen LogP contribution in [0, 0.1) is 6.92 Å². The van der Waals surface area contributed by atoms with Gasteiger partial charge in [0.2, 0.25) is 0 Å². The molecule has 0 aliphatic heterocycles. The van der Waals surface area contributed by atoms with E-state index in [1.54, 1.807) is 15.7 Å². The molecular formula is C14H17N5O2S. The van der Waals surface area contributed by atoms with Gasteiger partial charge in [0.25, 0.3) is 5.91 Å². The van der Waals surface area contributed by atoms with Crippen molar-refractivity contribution < 1.29 is 9.53 Å². The molecule has 0 N–H and O–H groups in total. The lowest BCUT2D eigenvalue weighted by Crippen LogP contribution is -2.30. The summed E-state index contributed by atoms with van der Waals surface area (Å²) in [4.78, 5) is 24.7. The molecule has 3 rings (SSSR count). The fraction of sp³-hybridized carbons (Fsp3) is 0.429. The third-order valence-electron chi connectivity index (χ3n) is 3.68. The minimum atomic E-state index is 0.0372. The zero-order valence-corrected chi connectivity index (χ0v) is 13.8. The van der Waals surface area contributed by atoms with Crippen molar-refractivity contribution in [1.82, 2.24) is 24.5 Å². The Morgan fingerprint density at radius 1 is 1.41 bits per heavy atom. The summed E-state index contributed by atoms with van der Waals surface area (Å²) < 4.78 is 6.65. The number of aromatic nitrogens is 4. The molecule has 116 valence electrons. The number of thiophene rings is 1. The van der Waals surface area contributed by atoms with Crippen LogP contribution in [0.1, 0.15) is 29.1 Å². The maximum absolute atomic E-state index is 12.6. The van der Waals surface area contributed by atoms with E-state index < -0.39 is 0 Å². The van der Waals surface area contributed by atoms with Crippen LogP contribution in [0.3, 0.4) is 0 Å². The minimum Gasteiger partial charge on any atom is -0.466 e. The Morgan fingerprint density at radius 2 is 2.14 bits per heavy atom. The molecule has 0 aliphatic rings. The summed E-state index contributed by atoms with van der Waals surface area (Å²) in [6, 6.07) is 0.288. The van der Waals surface area contributed by atoms with Crippen LogP contribution in [-0.4, -0.2) is 50.6 Å². The van der Waals surface area contributed by atoms with Crippen molar-refractivity contribution in [3.05, 3.63) is 16.8 Å². The van der Waals surface area contributed by atoms with Gasteiger partial charge in [-0.1, -0.05) is 0 Å². The SMILES string of the molecule is CCN(CC)C(=O)c1sc2ncn3nc(OC)nc3c2c1C. The van der Waals surface area contributed by atoms with E-state index >= 15 is 0 Å². The quantitative estimate of drug-likeness (QED) is 0.736. The van der Waals surface area contributed by atoms with E-state index in [2.05, 4.69) is 15.1 Å². The number of ether oxygens (including phenoxy) is 1. The maximum atomic E-state index is 12.6. The molecular weight excluding hydrogens is 302 g/mol. The Labute approximate surface area is 131 Å². The van der Waals surface area contributed by atoms with E-state index in [0.29, 0.717) is 23.6 Å². The molecule has 0 bridgehead atoms. The topological polar surface area (TPSA) is 72.6 Å². The second-order valence-corrected chi connectivity index (χ2v) is 5.82. The number of carbonyl (C=O) groups excluding carboxylic acids is 1. The Balaban J connectivity index is 2.22. The van der Waals surface area contributed by atoms with Gasteiger partial charge in [-0.3, -0.25) is 4.79 Å². The molecule has 0 spiro atoms. The Bertz CT molecular complexity index is 850. The number of methoxy groups -OCH3 is 1. The van der Waals surface area contributed by atoms with Crippen LogP contribution in [0.2, 0.25) is 0 Å². The van der Waals surface area contributed by atoms with Crippen molar-refractivity contribution >= 4 is 33.1 Å². The average Bonchev–Trinajstić information content (AvgIpc) is 3.08. The molecule has 7 nitrogen and oxygen atoms in total. The first-order valence-electron chi connectivity index (χ1n) is 7.08. The van der Waals surface area contributed by atoms with Crippen LogP contribution < -0.4 is 4.74 Å². The number of nitrogens with zero attached hydrogens (tertiary/aromatic N) is 5. The Hall–Kier alpha value is -2.22. The average molecular weight is 319 g/mol. The summed E-state index contributed by atoms with van der Waals surface area (Å²) in [5.74, 6) is 0.0372. The second kappa shape index (κ2) is 5.53. The van der Waals surface area contributed by atoms with Crippen LogP contribution in [-0.2, 0) is 0 Å². The van der Waals surface area contributed by atoms with Gasteiger partial charge in [-0.2, -0.15) is 9.50 Å². The van der Waals surface area contributed by atoms with Crippen molar-refractivity contribution in [2.75, 3.05) is 20.2 Å². The predicted octanol–water partition coefficient (Wildman–Crippen LogP) is 2.14. The molecule has 3 aromatic heterocycles. The standard InChI is InChI=1S/C14H17N5O2S/c1-5-18(6-2)13(20)10-8(3)9-11-16-14(21-4)17-19(11)7-15-12(9)22-10/h7H,5-6H2,1-4H3. The molecule has 0 unspecified atom stereocenters. The number of hydrogen-bond donors (Lipinski definition) is 0. The highest BCUT2D eigenvalue weighted by Crippen LogP contribution is 2.32. The first kappa shape index (κ1) is 14.7. The highest BCUT2D eigenvalue weighted by atomic mass is 32.1. The number of amides is 1. The van der Waals surface area contributed by atoms with Crippen LogP contribution >= 0.6 is 11.3 Å². The van der Waals surface area contributed by atoms with E-state index in [9.17, 15) is 4.79 Å². The summed E-state index contributed by atoms with van der Waals surface area (Å²) in [6.45, 7) is 7.25. The minimum absolute atomic E-state index is 0.0372. The largest absolute Gasteiger partial charge is 0.466 e. The fourth-order valence-electron chi connectivity index (χ4n) is 2.46. The van der Waals surface area contributed by atoms with Crippen molar-refractivity contribution in [3.8, 4) is 6.01 Å². The summed E-state index contributed by atoms with van der Waals surface area (Å²) >= 11 is 1.40. The van der Waals surface area contributed by atoms with Crippen molar-refractivity contribution in [2.45, 2.75) is 20.8 Å². The number of carbonyl (C=O) groups is 1. The van der Waals surface area contributed by atoms with Gasteiger partial charge in [-0.25, -0.2) is 4.98 Å². The van der Waals surface area contributed by atoms with Gasteiger partial charge in [0.15, 0.2) is 5.65 Å². The molecule has 0 radical (unpaired) electrons. The number of fused-ring (bicyclic) bond motifs is 3. The molecule has 0 saturated carbocycles. The van der Waals surface area contributed by atoms with Crippen LogP contribution in [0.5, 0.6) is 6.01 Å². The summed E-state index contributed by atoms with van der Waals surface area (Å²) in [5, 5.41) is 5.03. The highest BCUT2D eigenvalue weighted by molar-refractivity contribution is 7.20. The lowest BCUT2D eigenvalue weighted by Gasteiger charge is -2.17. The van der Waals surface area contributed by atoms with E-state index in [-0.39, 0.29) is 11.9 Å². The van der Waals surface area contributed by atoms with Crippen molar-refractivity contribution in [3.63, 3.8) is 0 Å². The van der Waals surface area contributed by atoms with Gasteiger partial charge in [0.1, 0.15) is 11.2 Å². The van der Waals surface area contributed by atoms with E-state index in [0.717, 1.165) is 15.8 Å². The highest BCUT2D eigenvalue weighted by Gasteiger charge is 2.22. The lowest BCUT2D eigenvalue weighted by molar-refractivity contribution is 0.0777. The van der Waals surface area contributed by atoms with Gasteiger partial charge in [-0.15, -0.1) is 16.4 Å². The molecule has 22 heavy (non-hydrogen) atoms. The van der Waals surface area contributed by atoms with Gasteiger partial charge in [0, 0.05) is 13.1 Å². The molecule has 0 atom stereocenters. The molecule has 8 heteroatoms. The van der Waals surface area contributed by atoms with E-state index in [1.807, 2.05) is 20.8 Å². The van der Waals surface area contributed by atoms with Crippen LogP contribution in [0.4, 0.5) is 0 Å².